The van der Waals surface area contributed by atoms with Crippen LogP contribution in [0.25, 0.3) is 0 Å². The number of hydrogen-bond acceptors (Lipinski definition) is 3. The van der Waals surface area contributed by atoms with Gasteiger partial charge in [0.2, 0.25) is 0 Å². The van der Waals surface area contributed by atoms with Crippen molar-refractivity contribution in [3.63, 3.8) is 0 Å². The zero-order valence-corrected chi connectivity index (χ0v) is 14.3. The standard InChI is InChI=1S/C21H27NO2/c23-19(20-13-15-10-16(14-20)12-18(20)11-15)24-21(6-8-22-9-7-21)17-4-2-1-3-5-17/h1-5,15-16,18,22H,6-14H2. The molecule has 1 N–H and O–H groups in total. The van der Waals surface area contributed by atoms with Crippen LogP contribution >= 0.6 is 0 Å². The van der Waals surface area contributed by atoms with Gasteiger partial charge in [0.1, 0.15) is 5.60 Å². The largest absolute Gasteiger partial charge is 0.454 e. The lowest BCUT2D eigenvalue weighted by Gasteiger charge is -2.41. The minimum absolute atomic E-state index is 0.128. The summed E-state index contributed by atoms with van der Waals surface area (Å²) in [4.78, 5) is 13.4. The molecule has 6 rings (SSSR count). The Labute approximate surface area is 144 Å². The fraction of sp³-hybridized carbons (Fsp3) is 0.667. The molecule has 5 aliphatic rings. The molecular weight excluding hydrogens is 298 g/mol. The molecule has 128 valence electrons. The molecule has 0 spiro atoms. The van der Waals surface area contributed by atoms with Crippen LogP contribution in [0.3, 0.4) is 0 Å². The maximum Gasteiger partial charge on any atom is 0.313 e. The SMILES string of the molecule is O=C(OC1(c2ccccc2)CCNCC1)C12CC3CC(CC1C3)C2. The van der Waals surface area contributed by atoms with Crippen LogP contribution in [0.2, 0.25) is 0 Å². The van der Waals surface area contributed by atoms with Crippen molar-refractivity contribution in [2.24, 2.45) is 23.2 Å². The van der Waals surface area contributed by atoms with E-state index in [2.05, 4.69) is 29.6 Å². The van der Waals surface area contributed by atoms with Crippen molar-refractivity contribution < 1.29 is 9.53 Å². The van der Waals surface area contributed by atoms with E-state index in [0.29, 0.717) is 5.92 Å². The summed E-state index contributed by atoms with van der Waals surface area (Å²) in [6, 6.07) is 10.4. The van der Waals surface area contributed by atoms with Crippen molar-refractivity contribution >= 4 is 5.97 Å². The lowest BCUT2D eigenvalue weighted by atomic mass is 9.75. The zero-order chi connectivity index (χ0) is 16.2. The molecular formula is C21H27NO2. The Hall–Kier alpha value is -1.35. The van der Waals surface area contributed by atoms with E-state index in [1.165, 1.54) is 24.8 Å². The monoisotopic (exact) mass is 325 g/mol. The number of piperidine rings is 1. The van der Waals surface area contributed by atoms with Gasteiger partial charge in [0.05, 0.1) is 5.41 Å². The van der Waals surface area contributed by atoms with E-state index in [-0.39, 0.29) is 11.4 Å². The molecule has 5 fully saturated rings. The maximum atomic E-state index is 13.4. The summed E-state index contributed by atoms with van der Waals surface area (Å²) in [7, 11) is 0. The highest BCUT2D eigenvalue weighted by molar-refractivity contribution is 5.79. The summed E-state index contributed by atoms with van der Waals surface area (Å²) in [6.45, 7) is 1.84. The molecule has 0 amide bonds. The molecule has 24 heavy (non-hydrogen) atoms. The van der Waals surface area contributed by atoms with Gasteiger partial charge in [-0.15, -0.1) is 0 Å². The molecule has 1 aromatic carbocycles. The van der Waals surface area contributed by atoms with Crippen LogP contribution in [0.4, 0.5) is 0 Å². The average Bonchev–Trinajstić information content (AvgIpc) is 3.02. The lowest BCUT2D eigenvalue weighted by Crippen LogP contribution is -2.46. The van der Waals surface area contributed by atoms with Crippen LogP contribution in [-0.2, 0) is 15.1 Å². The Morgan fingerprint density at radius 2 is 1.67 bits per heavy atom. The van der Waals surface area contributed by atoms with Gasteiger partial charge in [-0.05, 0) is 68.5 Å². The van der Waals surface area contributed by atoms with E-state index >= 15 is 0 Å². The molecule has 0 aromatic heterocycles. The molecule has 2 unspecified atom stereocenters. The summed E-state index contributed by atoms with van der Waals surface area (Å²) < 4.78 is 6.44. The van der Waals surface area contributed by atoms with Gasteiger partial charge in [0.25, 0.3) is 0 Å². The molecule has 0 radical (unpaired) electrons. The Bertz CT molecular complexity index is 620. The van der Waals surface area contributed by atoms with Crippen molar-refractivity contribution in [1.29, 1.82) is 0 Å². The topological polar surface area (TPSA) is 38.3 Å². The fourth-order valence-electron chi connectivity index (χ4n) is 6.43. The van der Waals surface area contributed by atoms with Gasteiger partial charge < -0.3 is 10.1 Å². The third-order valence-electron chi connectivity index (χ3n) is 7.40. The van der Waals surface area contributed by atoms with E-state index in [4.69, 9.17) is 4.74 Å². The summed E-state index contributed by atoms with van der Waals surface area (Å²) in [5.74, 6) is 2.30. The molecule has 4 bridgehead atoms. The highest BCUT2D eigenvalue weighted by Crippen LogP contribution is 2.66. The normalized spacial score (nSPS) is 39.1. The summed E-state index contributed by atoms with van der Waals surface area (Å²) in [5.41, 5.74) is 0.618. The van der Waals surface area contributed by atoms with Crippen LogP contribution in [-0.4, -0.2) is 19.1 Å². The molecule has 2 atom stereocenters. The minimum Gasteiger partial charge on any atom is -0.454 e. The first-order valence-corrected chi connectivity index (χ1v) is 9.70. The van der Waals surface area contributed by atoms with Crippen molar-refractivity contribution in [2.75, 3.05) is 13.1 Å². The van der Waals surface area contributed by atoms with E-state index in [9.17, 15) is 4.79 Å². The zero-order valence-electron chi connectivity index (χ0n) is 14.3. The average molecular weight is 325 g/mol. The molecule has 1 aliphatic heterocycles. The Balaban J connectivity index is 1.45. The number of rotatable bonds is 3. The van der Waals surface area contributed by atoms with Crippen molar-refractivity contribution in [1.82, 2.24) is 5.32 Å². The number of carbonyl (C=O) groups excluding carboxylic acids is 1. The van der Waals surface area contributed by atoms with Crippen LogP contribution in [0.15, 0.2) is 30.3 Å². The lowest BCUT2D eigenvalue weighted by molar-refractivity contribution is -0.179. The number of hydrogen-bond donors (Lipinski definition) is 1. The van der Waals surface area contributed by atoms with Crippen LogP contribution in [0.5, 0.6) is 0 Å². The predicted octanol–water partition coefficient (Wildman–Crippen LogP) is 3.63. The van der Waals surface area contributed by atoms with Crippen LogP contribution < -0.4 is 5.32 Å². The summed E-state index contributed by atoms with van der Waals surface area (Å²) >= 11 is 0. The first kappa shape index (κ1) is 14.9. The van der Waals surface area contributed by atoms with Gasteiger partial charge in [-0.2, -0.15) is 0 Å². The van der Waals surface area contributed by atoms with E-state index in [0.717, 1.165) is 50.6 Å². The number of esters is 1. The Morgan fingerprint density at radius 1 is 1.00 bits per heavy atom. The third-order valence-corrected chi connectivity index (χ3v) is 7.40. The van der Waals surface area contributed by atoms with Crippen molar-refractivity contribution in [2.45, 2.75) is 50.5 Å². The third kappa shape index (κ3) is 2.10. The van der Waals surface area contributed by atoms with Gasteiger partial charge in [-0.1, -0.05) is 30.3 Å². The maximum absolute atomic E-state index is 13.4. The second-order valence-corrected chi connectivity index (χ2v) is 8.70. The Morgan fingerprint density at radius 3 is 2.33 bits per heavy atom. The molecule has 1 saturated heterocycles. The number of carbonyl (C=O) groups is 1. The molecule has 3 heteroatoms. The van der Waals surface area contributed by atoms with Gasteiger partial charge in [0.15, 0.2) is 0 Å². The Kier molecular flexibility index (Phi) is 3.31. The first-order valence-electron chi connectivity index (χ1n) is 9.70. The quantitative estimate of drug-likeness (QED) is 0.862. The smallest absolute Gasteiger partial charge is 0.313 e. The molecule has 1 aromatic rings. The van der Waals surface area contributed by atoms with Gasteiger partial charge >= 0.3 is 5.97 Å². The molecule has 4 aliphatic carbocycles. The number of nitrogens with one attached hydrogen (secondary N) is 1. The highest BCUT2D eigenvalue weighted by atomic mass is 16.6. The molecule has 4 saturated carbocycles. The van der Waals surface area contributed by atoms with Gasteiger partial charge in [-0.25, -0.2) is 0 Å². The summed E-state index contributed by atoms with van der Waals surface area (Å²) in [5, 5.41) is 3.42. The second-order valence-electron chi connectivity index (χ2n) is 8.70. The first-order chi connectivity index (χ1) is 11.7. The molecule has 3 nitrogen and oxygen atoms in total. The number of ether oxygens (including phenoxy) is 1. The minimum atomic E-state index is -0.418. The fourth-order valence-corrected chi connectivity index (χ4v) is 6.43. The van der Waals surface area contributed by atoms with E-state index in [1.54, 1.807) is 0 Å². The van der Waals surface area contributed by atoms with Gasteiger partial charge in [-0.3, -0.25) is 4.79 Å². The summed E-state index contributed by atoms with van der Waals surface area (Å²) in [6.07, 6.45) is 7.86. The number of benzene rings is 1. The van der Waals surface area contributed by atoms with Crippen molar-refractivity contribution in [3.8, 4) is 0 Å². The van der Waals surface area contributed by atoms with E-state index < -0.39 is 5.60 Å². The van der Waals surface area contributed by atoms with Gasteiger partial charge in [0, 0.05) is 12.8 Å². The molecule has 1 heterocycles. The van der Waals surface area contributed by atoms with Crippen LogP contribution in [0.1, 0.15) is 50.5 Å². The van der Waals surface area contributed by atoms with E-state index in [1.807, 2.05) is 6.07 Å². The highest BCUT2D eigenvalue weighted by Gasteiger charge is 2.63. The van der Waals surface area contributed by atoms with Crippen molar-refractivity contribution in [3.05, 3.63) is 35.9 Å². The second kappa shape index (κ2) is 5.32. The predicted molar refractivity (Wildman–Crippen MR) is 92.3 cm³/mol. The van der Waals surface area contributed by atoms with Crippen LogP contribution in [0, 0.1) is 23.2 Å².